The minimum absolute atomic E-state index is 0.0859. The van der Waals surface area contributed by atoms with E-state index >= 15 is 0 Å². The van der Waals surface area contributed by atoms with Gasteiger partial charge >= 0.3 is 0 Å². The number of rotatable bonds is 6. The molecule has 6 nitrogen and oxygen atoms in total. The quantitative estimate of drug-likeness (QED) is 0.485. The number of piperidine rings is 1. The SMILES string of the molecule is O=C(c1nc(C2CC2)sc1-c1ccccc1)N1[C@@H]2CC[C@@H](C2)[C@H]1CNc1ncc(Br)cn1. The van der Waals surface area contributed by atoms with Crippen molar-refractivity contribution in [2.75, 3.05) is 11.9 Å². The molecule has 0 unspecified atom stereocenters. The van der Waals surface area contributed by atoms with Crippen LogP contribution in [-0.4, -0.2) is 44.4 Å². The van der Waals surface area contributed by atoms with E-state index in [9.17, 15) is 4.79 Å². The van der Waals surface area contributed by atoms with E-state index in [0.717, 1.165) is 32.8 Å². The minimum Gasteiger partial charge on any atom is -0.352 e. The van der Waals surface area contributed by atoms with Gasteiger partial charge in [-0.1, -0.05) is 30.3 Å². The molecule has 1 saturated heterocycles. The summed E-state index contributed by atoms with van der Waals surface area (Å²) in [4.78, 5) is 30.7. The Morgan fingerprint density at radius 2 is 1.91 bits per heavy atom. The number of carbonyl (C=O) groups is 1. The Labute approximate surface area is 199 Å². The molecule has 3 aliphatic rings. The molecule has 0 radical (unpaired) electrons. The van der Waals surface area contributed by atoms with Crippen LogP contribution in [0.25, 0.3) is 10.4 Å². The van der Waals surface area contributed by atoms with Crippen molar-refractivity contribution in [1.29, 1.82) is 0 Å². The zero-order valence-electron chi connectivity index (χ0n) is 17.6. The summed E-state index contributed by atoms with van der Waals surface area (Å²) in [6.07, 6.45) is 9.19. The van der Waals surface area contributed by atoms with Gasteiger partial charge in [-0.3, -0.25) is 4.79 Å². The summed E-state index contributed by atoms with van der Waals surface area (Å²) >= 11 is 5.08. The Morgan fingerprint density at radius 1 is 1.12 bits per heavy atom. The third kappa shape index (κ3) is 3.73. The molecule has 2 bridgehead atoms. The van der Waals surface area contributed by atoms with Crippen LogP contribution < -0.4 is 5.32 Å². The summed E-state index contributed by atoms with van der Waals surface area (Å²) < 4.78 is 0.850. The van der Waals surface area contributed by atoms with Crippen LogP contribution in [0.4, 0.5) is 5.95 Å². The van der Waals surface area contributed by atoms with Gasteiger partial charge in [0.2, 0.25) is 5.95 Å². The van der Waals surface area contributed by atoms with E-state index in [4.69, 9.17) is 4.98 Å². The van der Waals surface area contributed by atoms with Crippen molar-refractivity contribution in [3.05, 3.63) is 57.9 Å². The van der Waals surface area contributed by atoms with Crippen LogP contribution >= 0.6 is 27.3 Å². The fourth-order valence-electron chi connectivity index (χ4n) is 5.17. The average Bonchev–Trinajstić information content (AvgIpc) is 3.26. The zero-order valence-corrected chi connectivity index (χ0v) is 20.0. The molecule has 8 heteroatoms. The summed E-state index contributed by atoms with van der Waals surface area (Å²) in [5.41, 5.74) is 1.73. The number of anilines is 1. The number of hydrogen-bond donors (Lipinski definition) is 1. The molecule has 3 aromatic rings. The van der Waals surface area contributed by atoms with Crippen LogP contribution in [0.15, 0.2) is 47.2 Å². The Kier molecular flexibility index (Phi) is 5.22. The van der Waals surface area contributed by atoms with Gasteiger partial charge in [0.15, 0.2) is 0 Å². The summed E-state index contributed by atoms with van der Waals surface area (Å²) in [7, 11) is 0. The van der Waals surface area contributed by atoms with Crippen LogP contribution in [0.3, 0.4) is 0 Å². The number of amides is 1. The Balaban J connectivity index is 1.29. The third-order valence-electron chi connectivity index (χ3n) is 6.87. The highest BCUT2D eigenvalue weighted by Crippen LogP contribution is 2.47. The van der Waals surface area contributed by atoms with Gasteiger partial charge in [0.1, 0.15) is 5.69 Å². The van der Waals surface area contributed by atoms with Gasteiger partial charge in [0, 0.05) is 30.9 Å². The first-order valence-corrected chi connectivity index (χ1v) is 12.9. The molecule has 0 spiro atoms. The first-order chi connectivity index (χ1) is 15.7. The van der Waals surface area contributed by atoms with Crippen LogP contribution in [0.1, 0.15) is 53.5 Å². The maximum Gasteiger partial charge on any atom is 0.274 e. The van der Waals surface area contributed by atoms with E-state index in [1.54, 1.807) is 23.7 Å². The highest BCUT2D eigenvalue weighted by molar-refractivity contribution is 9.10. The smallest absolute Gasteiger partial charge is 0.274 e. The number of aromatic nitrogens is 3. The van der Waals surface area contributed by atoms with Crippen molar-refractivity contribution < 1.29 is 4.79 Å². The second-order valence-corrected chi connectivity index (χ2v) is 10.9. The number of carbonyl (C=O) groups excluding carboxylic acids is 1. The Hall–Kier alpha value is -2.32. The maximum absolute atomic E-state index is 14.0. The second-order valence-electron chi connectivity index (χ2n) is 8.98. The number of halogens is 1. The van der Waals surface area contributed by atoms with Gasteiger partial charge in [-0.05, 0) is 59.5 Å². The number of benzene rings is 1. The number of likely N-dealkylation sites (tertiary alicyclic amines) is 1. The molecule has 3 fully saturated rings. The van der Waals surface area contributed by atoms with Crippen LogP contribution in [0, 0.1) is 5.92 Å². The highest BCUT2D eigenvalue weighted by Gasteiger charge is 2.49. The van der Waals surface area contributed by atoms with Crippen molar-refractivity contribution in [2.45, 2.75) is 50.1 Å². The predicted octanol–water partition coefficient (Wildman–Crippen LogP) is 5.35. The van der Waals surface area contributed by atoms with E-state index in [1.807, 2.05) is 18.2 Å². The van der Waals surface area contributed by atoms with Crippen LogP contribution in [-0.2, 0) is 0 Å². The van der Waals surface area contributed by atoms with Crippen molar-refractivity contribution in [3.8, 4) is 10.4 Å². The Bertz CT molecular complexity index is 1130. The molecule has 3 heterocycles. The largest absolute Gasteiger partial charge is 0.352 e. The van der Waals surface area contributed by atoms with E-state index < -0.39 is 0 Å². The van der Waals surface area contributed by atoms with E-state index in [1.165, 1.54) is 19.3 Å². The van der Waals surface area contributed by atoms with Crippen LogP contribution in [0.5, 0.6) is 0 Å². The molecule has 6 rings (SSSR count). The van der Waals surface area contributed by atoms with Gasteiger partial charge in [0.25, 0.3) is 5.91 Å². The van der Waals surface area contributed by atoms with E-state index in [-0.39, 0.29) is 11.9 Å². The molecule has 164 valence electrons. The summed E-state index contributed by atoms with van der Waals surface area (Å²) in [5.74, 6) is 1.74. The lowest BCUT2D eigenvalue weighted by atomic mass is 9.98. The molecule has 2 aromatic heterocycles. The normalized spacial score (nSPS) is 24.2. The zero-order chi connectivity index (χ0) is 21.7. The molecular weight excluding hydrogens is 486 g/mol. The lowest BCUT2D eigenvalue weighted by Gasteiger charge is -2.35. The molecule has 1 amide bonds. The number of nitrogens with zero attached hydrogens (tertiary/aromatic N) is 4. The van der Waals surface area contributed by atoms with Crippen molar-refractivity contribution >= 4 is 39.1 Å². The molecule has 3 atom stereocenters. The topological polar surface area (TPSA) is 71.0 Å². The monoisotopic (exact) mass is 509 g/mol. The number of fused-ring (bicyclic) bond motifs is 2. The molecule has 1 N–H and O–H groups in total. The number of hydrogen-bond acceptors (Lipinski definition) is 6. The van der Waals surface area contributed by atoms with Gasteiger partial charge in [-0.2, -0.15) is 0 Å². The summed E-state index contributed by atoms with van der Waals surface area (Å²) in [6, 6.07) is 10.7. The molecule has 1 aromatic carbocycles. The van der Waals surface area contributed by atoms with Crippen molar-refractivity contribution in [3.63, 3.8) is 0 Å². The van der Waals surface area contributed by atoms with E-state index in [0.29, 0.717) is 36.1 Å². The first-order valence-electron chi connectivity index (χ1n) is 11.3. The fourth-order valence-corrected chi connectivity index (χ4v) is 6.60. The third-order valence-corrected chi connectivity index (χ3v) is 8.55. The molecule has 2 saturated carbocycles. The average molecular weight is 510 g/mol. The highest BCUT2D eigenvalue weighted by atomic mass is 79.9. The Morgan fingerprint density at radius 3 is 2.66 bits per heavy atom. The summed E-state index contributed by atoms with van der Waals surface area (Å²) in [6.45, 7) is 0.662. The van der Waals surface area contributed by atoms with Gasteiger partial charge in [-0.25, -0.2) is 15.0 Å². The molecule has 2 aliphatic carbocycles. The second kappa shape index (κ2) is 8.23. The maximum atomic E-state index is 14.0. The minimum atomic E-state index is 0.0859. The number of thiazole rings is 1. The van der Waals surface area contributed by atoms with Crippen LogP contribution in [0.2, 0.25) is 0 Å². The lowest BCUT2D eigenvalue weighted by molar-refractivity contribution is 0.0602. The lowest BCUT2D eigenvalue weighted by Crippen LogP contribution is -2.48. The molecule has 1 aliphatic heterocycles. The molecule has 32 heavy (non-hydrogen) atoms. The fraction of sp³-hybridized carbons (Fsp3) is 0.417. The first kappa shape index (κ1) is 20.3. The van der Waals surface area contributed by atoms with E-state index in [2.05, 4.69) is 48.2 Å². The van der Waals surface area contributed by atoms with Gasteiger partial charge < -0.3 is 10.2 Å². The van der Waals surface area contributed by atoms with Gasteiger partial charge in [0.05, 0.1) is 20.4 Å². The predicted molar refractivity (Wildman–Crippen MR) is 129 cm³/mol. The van der Waals surface area contributed by atoms with Crippen molar-refractivity contribution in [1.82, 2.24) is 19.9 Å². The van der Waals surface area contributed by atoms with Crippen molar-refractivity contribution in [2.24, 2.45) is 5.92 Å². The molecular formula is C24H24BrN5OS. The summed E-state index contributed by atoms with van der Waals surface area (Å²) in [5, 5.41) is 4.48. The van der Waals surface area contributed by atoms with Gasteiger partial charge in [-0.15, -0.1) is 11.3 Å². The number of nitrogens with one attached hydrogen (secondary N) is 1. The standard InChI is InChI=1S/C24H24BrN5OS/c25-17-11-26-24(27-12-17)28-13-19-16-8-9-18(10-16)30(19)23(31)20-21(14-4-2-1-3-5-14)32-22(29-20)15-6-7-15/h1-5,11-12,15-16,18-19H,6-10,13H2,(H,26,27,28)/t16-,18+,19+/m0/s1.